The van der Waals surface area contributed by atoms with E-state index in [-0.39, 0.29) is 31.3 Å². The Morgan fingerprint density at radius 1 is 0.935 bits per heavy atom. The second-order valence-electron chi connectivity index (χ2n) is 11.6. The highest BCUT2D eigenvalue weighted by Crippen LogP contribution is 2.13. The number of ether oxygens (including phenoxy) is 2. The average molecular weight is 647 g/mol. The largest absolute Gasteiger partial charge is 0.449 e. The normalized spacial score (nSPS) is 16.7. The highest BCUT2D eigenvalue weighted by atomic mass is 16.6. The van der Waals surface area contributed by atoms with Gasteiger partial charge in [-0.15, -0.1) is 0 Å². The number of benzene rings is 1. The molecule has 0 aromatic heterocycles. The third-order valence-electron chi connectivity index (χ3n) is 7.11. The van der Waals surface area contributed by atoms with Gasteiger partial charge in [-0.25, -0.2) is 4.79 Å². The minimum absolute atomic E-state index is 0.0415. The van der Waals surface area contributed by atoms with Crippen LogP contribution in [0.4, 0.5) is 4.79 Å². The Balaban J connectivity index is 1.95. The molecular weight excluding hydrogens is 600 g/mol. The summed E-state index contributed by atoms with van der Waals surface area (Å²) in [7, 11) is 0. The first-order valence-electron chi connectivity index (χ1n) is 15.4. The molecule has 1 aromatic carbocycles. The number of nitrogens with one attached hydrogen (secondary N) is 5. The summed E-state index contributed by atoms with van der Waals surface area (Å²) < 4.78 is 10.4. The zero-order valence-corrected chi connectivity index (χ0v) is 26.8. The van der Waals surface area contributed by atoms with Gasteiger partial charge in [0.2, 0.25) is 29.4 Å². The number of nitrogens with two attached hydrogens (primary N) is 1. The quantitative estimate of drug-likeness (QED) is 0.118. The Morgan fingerprint density at radius 3 is 2.20 bits per heavy atom. The maximum atomic E-state index is 13.3. The highest BCUT2D eigenvalue weighted by molar-refractivity contribution is 6.38. The molecule has 1 fully saturated rings. The molecule has 5 atom stereocenters. The number of amides is 6. The van der Waals surface area contributed by atoms with E-state index >= 15 is 0 Å². The molecule has 0 saturated carbocycles. The van der Waals surface area contributed by atoms with E-state index in [1.807, 2.05) is 13.8 Å². The predicted octanol–water partition coefficient (Wildman–Crippen LogP) is -0.0185. The second-order valence-corrected chi connectivity index (χ2v) is 11.6. The standard InChI is InChI=1S/C31H46N6O9/c1-5-9-22(26(39)30(43)33-15-24(38)37-25(27(32)40)21-10-7-6-8-11-21)35-29(42)23(14-18(2)3)36-28(41)19(4)34-31(44)46-17-20-12-13-45-16-20/h6-8,10-11,18-20,22-23,25H,5,9,12-17H2,1-4H3,(H2,32,40)(H,33,43)(H,34,44)(H,35,42)(H,36,41)(H,37,38)/t19-,20?,22?,23-,25-/m0/s1. The van der Waals surface area contributed by atoms with Crippen LogP contribution in [0.5, 0.6) is 0 Å². The van der Waals surface area contributed by atoms with Crippen LogP contribution in [-0.4, -0.2) is 85.9 Å². The molecule has 0 bridgehead atoms. The lowest BCUT2D eigenvalue weighted by atomic mass is 10.0. The monoisotopic (exact) mass is 646 g/mol. The fraction of sp³-hybridized carbons (Fsp3) is 0.581. The Kier molecular flexibility index (Phi) is 15.6. The van der Waals surface area contributed by atoms with Gasteiger partial charge in [-0.2, -0.15) is 0 Å². The second kappa shape index (κ2) is 19.1. The van der Waals surface area contributed by atoms with E-state index in [1.54, 1.807) is 37.3 Å². The molecule has 1 aromatic rings. The number of rotatable bonds is 18. The predicted molar refractivity (Wildman–Crippen MR) is 166 cm³/mol. The SMILES string of the molecule is CCCC(NC(=O)[C@H](CC(C)C)NC(=O)[C@H](C)NC(=O)OCC1CCOC1)C(=O)C(=O)NCC(=O)N[C@H](C(N)=O)c1ccccc1. The lowest BCUT2D eigenvalue weighted by molar-refractivity contribution is -0.141. The van der Waals surface area contributed by atoms with Crippen LogP contribution in [0.25, 0.3) is 0 Å². The van der Waals surface area contributed by atoms with Crippen molar-refractivity contribution in [3.63, 3.8) is 0 Å². The van der Waals surface area contributed by atoms with Gasteiger partial charge in [0.15, 0.2) is 0 Å². The van der Waals surface area contributed by atoms with Gasteiger partial charge in [0.1, 0.15) is 18.1 Å². The fourth-order valence-corrected chi connectivity index (χ4v) is 4.60. The minimum atomic E-state index is -1.24. The van der Waals surface area contributed by atoms with Crippen molar-refractivity contribution in [3.05, 3.63) is 35.9 Å². The summed E-state index contributed by atoms with van der Waals surface area (Å²) in [6.45, 7) is 7.51. The number of primary amides is 1. The number of carbonyl (C=O) groups is 7. The van der Waals surface area contributed by atoms with E-state index in [0.29, 0.717) is 25.2 Å². The van der Waals surface area contributed by atoms with Crippen LogP contribution in [-0.2, 0) is 38.2 Å². The smallest absolute Gasteiger partial charge is 0.407 e. The summed E-state index contributed by atoms with van der Waals surface area (Å²) in [6, 6.07) is 3.78. The molecule has 0 spiro atoms. The zero-order chi connectivity index (χ0) is 34.2. The first-order valence-corrected chi connectivity index (χ1v) is 15.4. The minimum Gasteiger partial charge on any atom is -0.449 e. The van der Waals surface area contributed by atoms with Gasteiger partial charge in [-0.3, -0.25) is 28.8 Å². The summed E-state index contributed by atoms with van der Waals surface area (Å²) in [5.74, 6) is -4.95. The molecule has 1 aliphatic heterocycles. The molecule has 7 N–H and O–H groups in total. The van der Waals surface area contributed by atoms with E-state index in [2.05, 4.69) is 26.6 Å². The van der Waals surface area contributed by atoms with Crippen LogP contribution >= 0.6 is 0 Å². The van der Waals surface area contributed by atoms with Crippen LogP contribution in [0, 0.1) is 11.8 Å². The third kappa shape index (κ3) is 12.8. The van der Waals surface area contributed by atoms with Crippen LogP contribution < -0.4 is 32.3 Å². The summed E-state index contributed by atoms with van der Waals surface area (Å²) in [6.07, 6.45) is 0.746. The molecule has 2 rings (SSSR count). The molecule has 254 valence electrons. The lowest BCUT2D eigenvalue weighted by Gasteiger charge is -2.25. The number of ketones is 1. The summed E-state index contributed by atoms with van der Waals surface area (Å²) in [5.41, 5.74) is 5.85. The van der Waals surface area contributed by atoms with Crippen molar-refractivity contribution in [2.24, 2.45) is 17.6 Å². The number of Topliss-reactive ketones (excluding diaryl/α,β-unsaturated/α-hetero) is 1. The molecule has 0 aliphatic carbocycles. The first-order chi connectivity index (χ1) is 21.8. The summed E-state index contributed by atoms with van der Waals surface area (Å²) in [4.78, 5) is 88.3. The molecule has 15 nitrogen and oxygen atoms in total. The molecular formula is C31H46N6O9. The van der Waals surface area contributed by atoms with E-state index in [9.17, 15) is 33.6 Å². The number of carbonyl (C=O) groups excluding carboxylic acids is 7. The highest BCUT2D eigenvalue weighted by Gasteiger charge is 2.31. The van der Waals surface area contributed by atoms with Gasteiger partial charge in [0, 0.05) is 12.5 Å². The Hall–Kier alpha value is -4.53. The Labute approximate surface area is 268 Å². The van der Waals surface area contributed by atoms with Gasteiger partial charge in [-0.1, -0.05) is 57.5 Å². The molecule has 2 unspecified atom stereocenters. The van der Waals surface area contributed by atoms with Crippen molar-refractivity contribution in [2.75, 3.05) is 26.4 Å². The number of alkyl carbamates (subject to hydrolysis) is 1. The van der Waals surface area contributed by atoms with Crippen LogP contribution in [0.15, 0.2) is 30.3 Å². The van der Waals surface area contributed by atoms with Crippen LogP contribution in [0.3, 0.4) is 0 Å². The van der Waals surface area contributed by atoms with E-state index in [0.717, 1.165) is 6.42 Å². The average Bonchev–Trinajstić information content (AvgIpc) is 3.54. The van der Waals surface area contributed by atoms with Crippen molar-refractivity contribution in [1.82, 2.24) is 26.6 Å². The lowest BCUT2D eigenvalue weighted by Crippen LogP contribution is -2.56. The molecule has 46 heavy (non-hydrogen) atoms. The van der Waals surface area contributed by atoms with Crippen LogP contribution in [0.2, 0.25) is 0 Å². The van der Waals surface area contributed by atoms with Gasteiger partial charge in [0.25, 0.3) is 5.91 Å². The first kappa shape index (κ1) is 37.7. The van der Waals surface area contributed by atoms with Gasteiger partial charge in [0.05, 0.1) is 25.8 Å². The fourth-order valence-electron chi connectivity index (χ4n) is 4.60. The zero-order valence-electron chi connectivity index (χ0n) is 26.8. The molecule has 1 heterocycles. The molecule has 0 radical (unpaired) electrons. The molecule has 1 aliphatic rings. The van der Waals surface area contributed by atoms with Gasteiger partial charge >= 0.3 is 6.09 Å². The summed E-state index contributed by atoms with van der Waals surface area (Å²) in [5, 5.41) is 12.2. The Morgan fingerprint density at radius 2 is 1.61 bits per heavy atom. The Bertz CT molecular complexity index is 1220. The van der Waals surface area contributed by atoms with Crippen molar-refractivity contribution >= 4 is 41.4 Å². The maximum absolute atomic E-state index is 13.3. The van der Waals surface area contributed by atoms with Crippen LogP contribution in [0.1, 0.15) is 65.0 Å². The molecule has 6 amide bonds. The maximum Gasteiger partial charge on any atom is 0.407 e. The molecule has 1 saturated heterocycles. The van der Waals surface area contributed by atoms with Crippen molar-refractivity contribution in [2.45, 2.75) is 77.5 Å². The molecule has 15 heteroatoms. The van der Waals surface area contributed by atoms with E-state index < -0.39 is 72.1 Å². The van der Waals surface area contributed by atoms with Gasteiger partial charge in [-0.05, 0) is 37.7 Å². The number of hydrogen-bond donors (Lipinski definition) is 6. The third-order valence-corrected chi connectivity index (χ3v) is 7.11. The summed E-state index contributed by atoms with van der Waals surface area (Å²) >= 11 is 0. The van der Waals surface area contributed by atoms with Crippen molar-refractivity contribution in [3.8, 4) is 0 Å². The van der Waals surface area contributed by atoms with E-state index in [1.165, 1.54) is 6.92 Å². The number of hydrogen-bond acceptors (Lipinski definition) is 9. The van der Waals surface area contributed by atoms with Crippen molar-refractivity contribution < 1.29 is 43.0 Å². The van der Waals surface area contributed by atoms with E-state index in [4.69, 9.17) is 15.2 Å². The van der Waals surface area contributed by atoms with Gasteiger partial charge < -0.3 is 41.8 Å². The topological polar surface area (TPSA) is 224 Å². The van der Waals surface area contributed by atoms with Crippen molar-refractivity contribution in [1.29, 1.82) is 0 Å².